The Morgan fingerprint density at radius 2 is 1.77 bits per heavy atom. The van der Waals surface area contributed by atoms with Gasteiger partial charge in [-0.05, 0) is 37.1 Å². The number of hydrogen-bond acceptors (Lipinski definition) is 4. The maximum Gasteiger partial charge on any atom is 0.191 e. The third-order valence-electron chi connectivity index (χ3n) is 5.33. The summed E-state index contributed by atoms with van der Waals surface area (Å²) in [6, 6.07) is 17.2. The molecule has 2 N–H and O–H groups in total. The largest absolute Gasteiger partial charge is 0.497 e. The van der Waals surface area contributed by atoms with Crippen LogP contribution < -0.4 is 15.4 Å². The Labute approximate surface area is 180 Å². The van der Waals surface area contributed by atoms with Crippen molar-refractivity contribution in [3.63, 3.8) is 0 Å². The van der Waals surface area contributed by atoms with E-state index in [0.717, 1.165) is 56.7 Å². The minimum absolute atomic E-state index is 0.277. The molecule has 0 aliphatic carbocycles. The summed E-state index contributed by atoms with van der Waals surface area (Å²) in [5.41, 5.74) is 3.75. The molecule has 1 aliphatic rings. The van der Waals surface area contributed by atoms with Crippen molar-refractivity contribution in [1.29, 1.82) is 0 Å². The van der Waals surface area contributed by atoms with Crippen molar-refractivity contribution in [2.24, 2.45) is 4.99 Å². The molecule has 1 saturated heterocycles. The Morgan fingerprint density at radius 3 is 2.40 bits per heavy atom. The molecule has 0 spiro atoms. The predicted octanol–water partition coefficient (Wildman–Crippen LogP) is 3.13. The van der Waals surface area contributed by atoms with Crippen LogP contribution in [0.4, 0.5) is 0 Å². The van der Waals surface area contributed by atoms with Crippen LogP contribution in [0.15, 0.2) is 53.5 Å². The second kappa shape index (κ2) is 11.6. The number of rotatable bonds is 8. The number of guanidine groups is 1. The normalized spacial score (nSPS) is 16.2. The number of aryl methyl sites for hydroxylation is 1. The van der Waals surface area contributed by atoms with Gasteiger partial charge >= 0.3 is 0 Å². The van der Waals surface area contributed by atoms with Gasteiger partial charge in [0, 0.05) is 26.2 Å². The molecule has 1 unspecified atom stereocenters. The summed E-state index contributed by atoms with van der Waals surface area (Å²) in [6.45, 7) is 9.90. The van der Waals surface area contributed by atoms with Crippen molar-refractivity contribution in [2.45, 2.75) is 26.4 Å². The van der Waals surface area contributed by atoms with Crippen LogP contribution in [-0.2, 0) is 11.3 Å². The number of nitrogens with zero attached hydrogens (tertiary/aromatic N) is 2. The number of morpholine rings is 1. The van der Waals surface area contributed by atoms with E-state index in [4.69, 9.17) is 14.5 Å². The van der Waals surface area contributed by atoms with E-state index < -0.39 is 0 Å². The monoisotopic (exact) mass is 410 g/mol. The van der Waals surface area contributed by atoms with Gasteiger partial charge in [-0.25, -0.2) is 4.99 Å². The summed E-state index contributed by atoms with van der Waals surface area (Å²) >= 11 is 0. The molecular weight excluding hydrogens is 376 g/mol. The van der Waals surface area contributed by atoms with Gasteiger partial charge in [-0.3, -0.25) is 4.90 Å². The highest BCUT2D eigenvalue weighted by molar-refractivity contribution is 5.79. The molecule has 2 aromatic rings. The topological polar surface area (TPSA) is 58.1 Å². The molecular formula is C24H34N4O2. The smallest absolute Gasteiger partial charge is 0.191 e. The van der Waals surface area contributed by atoms with E-state index in [0.29, 0.717) is 6.54 Å². The van der Waals surface area contributed by atoms with Gasteiger partial charge in [0.15, 0.2) is 5.96 Å². The first-order valence-electron chi connectivity index (χ1n) is 10.7. The summed E-state index contributed by atoms with van der Waals surface area (Å²) < 4.78 is 10.8. The number of ether oxygens (including phenoxy) is 2. The SMILES string of the molecule is CCNC(=NCc1ccc(OC)cc1)NCC(c1ccc(C)cc1)N1CCOCC1. The average Bonchev–Trinajstić information content (AvgIpc) is 2.79. The Morgan fingerprint density at radius 1 is 1.07 bits per heavy atom. The van der Waals surface area contributed by atoms with Crippen LogP contribution in [0.2, 0.25) is 0 Å². The quantitative estimate of drug-likeness (QED) is 0.517. The zero-order valence-corrected chi connectivity index (χ0v) is 18.4. The molecule has 1 aliphatic heterocycles. The standard InChI is InChI=1S/C24H34N4O2/c1-4-25-24(26-17-20-7-11-22(29-3)12-8-20)27-18-23(28-13-15-30-16-14-28)21-9-5-19(2)6-10-21/h5-12,23H,4,13-18H2,1-3H3,(H2,25,26,27). The molecule has 0 saturated carbocycles. The second-order valence-electron chi connectivity index (χ2n) is 7.50. The zero-order valence-electron chi connectivity index (χ0n) is 18.4. The van der Waals surface area contributed by atoms with E-state index in [-0.39, 0.29) is 6.04 Å². The maximum atomic E-state index is 5.57. The molecule has 162 valence electrons. The lowest BCUT2D eigenvalue weighted by Crippen LogP contribution is -2.46. The van der Waals surface area contributed by atoms with Crippen LogP contribution in [0, 0.1) is 6.92 Å². The first kappa shape index (κ1) is 22.1. The predicted molar refractivity (Wildman–Crippen MR) is 122 cm³/mol. The Bertz CT molecular complexity index is 784. The second-order valence-corrected chi connectivity index (χ2v) is 7.50. The van der Waals surface area contributed by atoms with Crippen molar-refractivity contribution in [3.8, 4) is 5.75 Å². The van der Waals surface area contributed by atoms with E-state index in [1.54, 1.807) is 7.11 Å². The average molecular weight is 411 g/mol. The van der Waals surface area contributed by atoms with Crippen LogP contribution >= 0.6 is 0 Å². The maximum absolute atomic E-state index is 5.57. The fourth-order valence-corrected chi connectivity index (χ4v) is 3.57. The first-order chi connectivity index (χ1) is 14.7. The van der Waals surface area contributed by atoms with Gasteiger partial charge < -0.3 is 20.1 Å². The van der Waals surface area contributed by atoms with E-state index in [1.807, 2.05) is 12.1 Å². The highest BCUT2D eigenvalue weighted by Gasteiger charge is 2.22. The molecule has 0 aromatic heterocycles. The van der Waals surface area contributed by atoms with E-state index >= 15 is 0 Å². The molecule has 30 heavy (non-hydrogen) atoms. The number of nitrogens with one attached hydrogen (secondary N) is 2. The van der Waals surface area contributed by atoms with Gasteiger partial charge in [0.1, 0.15) is 5.75 Å². The summed E-state index contributed by atoms with van der Waals surface area (Å²) in [4.78, 5) is 7.27. The molecule has 0 amide bonds. The van der Waals surface area contributed by atoms with Gasteiger partial charge in [0.05, 0.1) is 32.9 Å². The van der Waals surface area contributed by atoms with Crippen LogP contribution in [0.5, 0.6) is 5.75 Å². The molecule has 3 rings (SSSR count). The lowest BCUT2D eigenvalue weighted by atomic mass is 10.0. The van der Waals surface area contributed by atoms with Gasteiger partial charge in [0.2, 0.25) is 0 Å². The van der Waals surface area contributed by atoms with Crippen molar-refractivity contribution in [1.82, 2.24) is 15.5 Å². The highest BCUT2D eigenvalue weighted by atomic mass is 16.5. The van der Waals surface area contributed by atoms with Gasteiger partial charge in [-0.2, -0.15) is 0 Å². The Balaban J connectivity index is 1.68. The zero-order chi connectivity index (χ0) is 21.2. The Kier molecular flexibility index (Phi) is 8.53. The summed E-state index contributed by atoms with van der Waals surface area (Å²) in [6.07, 6.45) is 0. The van der Waals surface area contributed by atoms with Crippen molar-refractivity contribution in [3.05, 3.63) is 65.2 Å². The van der Waals surface area contributed by atoms with Crippen molar-refractivity contribution < 1.29 is 9.47 Å². The van der Waals surface area contributed by atoms with Crippen LogP contribution in [0.1, 0.15) is 29.7 Å². The van der Waals surface area contributed by atoms with Crippen LogP contribution in [-0.4, -0.2) is 57.4 Å². The summed E-state index contributed by atoms with van der Waals surface area (Å²) in [5.74, 6) is 1.69. The lowest BCUT2D eigenvalue weighted by Gasteiger charge is -2.35. The van der Waals surface area contributed by atoms with Gasteiger partial charge in [0.25, 0.3) is 0 Å². The molecule has 2 aromatic carbocycles. The van der Waals surface area contributed by atoms with Crippen LogP contribution in [0.3, 0.4) is 0 Å². The van der Waals surface area contributed by atoms with Gasteiger partial charge in [-0.1, -0.05) is 42.0 Å². The minimum atomic E-state index is 0.277. The number of benzene rings is 2. The van der Waals surface area contributed by atoms with Crippen molar-refractivity contribution >= 4 is 5.96 Å². The number of hydrogen-bond donors (Lipinski definition) is 2. The van der Waals surface area contributed by atoms with Gasteiger partial charge in [-0.15, -0.1) is 0 Å². The minimum Gasteiger partial charge on any atom is -0.497 e. The first-order valence-corrected chi connectivity index (χ1v) is 10.7. The lowest BCUT2D eigenvalue weighted by molar-refractivity contribution is 0.0170. The summed E-state index contributed by atoms with van der Waals surface area (Å²) in [5, 5.41) is 6.92. The molecule has 6 nitrogen and oxygen atoms in total. The van der Waals surface area contributed by atoms with Crippen LogP contribution in [0.25, 0.3) is 0 Å². The van der Waals surface area contributed by atoms with E-state index in [9.17, 15) is 0 Å². The van der Waals surface area contributed by atoms with E-state index in [1.165, 1.54) is 11.1 Å². The van der Waals surface area contributed by atoms with Crippen molar-refractivity contribution in [2.75, 3.05) is 46.5 Å². The fourth-order valence-electron chi connectivity index (χ4n) is 3.57. The number of methoxy groups -OCH3 is 1. The third-order valence-corrected chi connectivity index (χ3v) is 5.33. The molecule has 0 radical (unpaired) electrons. The Hall–Kier alpha value is -2.57. The number of aliphatic imine (C=N–C) groups is 1. The van der Waals surface area contributed by atoms with E-state index in [2.05, 4.69) is 65.8 Å². The highest BCUT2D eigenvalue weighted by Crippen LogP contribution is 2.22. The molecule has 1 atom stereocenters. The summed E-state index contributed by atoms with van der Waals surface area (Å²) in [7, 11) is 1.68. The molecule has 6 heteroatoms. The molecule has 0 bridgehead atoms. The molecule has 1 fully saturated rings. The molecule has 1 heterocycles. The third kappa shape index (κ3) is 6.47. The fraction of sp³-hybridized carbons (Fsp3) is 0.458.